The third-order valence-electron chi connectivity index (χ3n) is 0.681. The molecule has 0 radical (unpaired) electrons. The molecule has 0 fully saturated rings. The van der Waals surface area contributed by atoms with E-state index in [1.54, 1.807) is 0 Å². The van der Waals surface area contributed by atoms with Gasteiger partial charge in [-0.05, 0) is 12.5 Å². The van der Waals surface area contributed by atoms with E-state index in [-0.39, 0.29) is 0 Å². The van der Waals surface area contributed by atoms with E-state index >= 15 is 0 Å². The Bertz CT molecular complexity index is 171. The third kappa shape index (κ3) is 4.41. The van der Waals surface area contributed by atoms with Crippen LogP contribution in [0.2, 0.25) is 0 Å². The zero-order valence-corrected chi connectivity index (χ0v) is 5.86. The number of hydrogen-bond donors (Lipinski definition) is 0. The number of ether oxygens (including phenoxy) is 1. The zero-order valence-electron chi connectivity index (χ0n) is 5.86. The molecule has 0 spiro atoms. The van der Waals surface area contributed by atoms with Crippen LogP contribution in [0.5, 0.6) is 0 Å². The molecule has 0 aliphatic rings. The lowest BCUT2D eigenvalue weighted by Gasteiger charge is -2.05. The largest absolute Gasteiger partial charge is 0.490 e. The summed E-state index contributed by atoms with van der Waals surface area (Å²) in [5.74, 6) is -2.18. The van der Waals surface area contributed by atoms with Gasteiger partial charge in [-0.2, -0.15) is 13.2 Å². The first-order valence-electron chi connectivity index (χ1n) is 2.72. The molecular weight excluding hydrogens is 161 g/mol. The molecule has 0 aromatic heterocycles. The van der Waals surface area contributed by atoms with Crippen molar-refractivity contribution in [1.82, 2.24) is 0 Å². The molecule has 11 heavy (non-hydrogen) atoms. The molecule has 0 bridgehead atoms. The molecule has 0 aliphatic carbocycles. The van der Waals surface area contributed by atoms with E-state index in [9.17, 15) is 18.0 Å². The minimum absolute atomic E-state index is 0.364. The lowest BCUT2D eigenvalue weighted by molar-refractivity contribution is -0.198. The summed E-state index contributed by atoms with van der Waals surface area (Å²) >= 11 is 0. The van der Waals surface area contributed by atoms with Crippen molar-refractivity contribution in [1.29, 1.82) is 0 Å². The van der Waals surface area contributed by atoms with Crippen molar-refractivity contribution < 1.29 is 22.7 Å². The van der Waals surface area contributed by atoms with Gasteiger partial charge in [0.15, 0.2) is 0 Å². The predicted molar refractivity (Wildman–Crippen MR) is 31.8 cm³/mol. The van der Waals surface area contributed by atoms with Crippen LogP contribution in [0, 0.1) is 0 Å². The maximum absolute atomic E-state index is 11.4. The average Bonchev–Trinajstić information content (AvgIpc) is 1.80. The van der Waals surface area contributed by atoms with E-state index in [0.29, 0.717) is 5.57 Å². The molecule has 2 nitrogen and oxygen atoms in total. The molecule has 0 heterocycles. The van der Waals surface area contributed by atoms with Crippen LogP contribution in [0.4, 0.5) is 13.2 Å². The summed E-state index contributed by atoms with van der Waals surface area (Å²) in [6, 6.07) is 0. The second-order valence-corrected chi connectivity index (χ2v) is 2.03. The first kappa shape index (κ1) is 10.0. The molecule has 0 unspecified atom stereocenters. The van der Waals surface area contributed by atoms with E-state index in [1.165, 1.54) is 6.92 Å². The van der Waals surface area contributed by atoms with Crippen LogP contribution in [0.1, 0.15) is 6.92 Å². The number of carbonyl (C=O) groups excluding carboxylic acids is 1. The third-order valence-corrected chi connectivity index (χ3v) is 0.681. The molecule has 0 aromatic carbocycles. The highest BCUT2D eigenvalue weighted by molar-refractivity contribution is 5.75. The van der Waals surface area contributed by atoms with E-state index in [1.807, 2.05) is 0 Å². The Kier molecular flexibility index (Phi) is 3.10. The van der Waals surface area contributed by atoms with Crippen molar-refractivity contribution in [3.05, 3.63) is 12.2 Å². The van der Waals surface area contributed by atoms with Gasteiger partial charge >= 0.3 is 12.1 Å². The Hall–Kier alpha value is -1.00. The van der Waals surface area contributed by atoms with Gasteiger partial charge in [0.05, 0.1) is 0 Å². The summed E-state index contributed by atoms with van der Waals surface area (Å²) in [5, 5.41) is 0. The fourth-order valence-electron chi connectivity index (χ4n) is 0.271. The van der Waals surface area contributed by atoms with E-state index in [4.69, 9.17) is 0 Å². The predicted octanol–water partition coefficient (Wildman–Crippen LogP) is 1.67. The van der Waals surface area contributed by atoms with Gasteiger partial charge in [-0.1, -0.05) is 6.58 Å². The highest BCUT2D eigenvalue weighted by atomic mass is 19.4. The molecule has 0 aromatic rings. The summed E-state index contributed by atoms with van der Waals surface area (Å²) in [6.45, 7) is 4.34. The molecule has 0 aliphatic heterocycles. The first-order chi connectivity index (χ1) is 4.84. The molecule has 64 valence electrons. The number of halogens is 3. The molecule has 0 saturated carbocycles. The first-order valence-corrected chi connectivity index (χ1v) is 2.72. The number of carbonyl (C=O) groups is 1. The summed E-state index contributed by atoms with van der Waals surface area (Å²) in [7, 11) is 0. The average molecular weight is 168 g/mol. The molecular formula is C6H7F3O2. The van der Waals surface area contributed by atoms with Gasteiger partial charge in [0.25, 0.3) is 0 Å². The Morgan fingerprint density at radius 1 is 1.55 bits per heavy atom. The zero-order chi connectivity index (χ0) is 9.07. The Morgan fingerprint density at radius 2 is 2.00 bits per heavy atom. The van der Waals surface area contributed by atoms with E-state index < -0.39 is 18.8 Å². The number of hydrogen-bond acceptors (Lipinski definition) is 2. The number of esters is 1. The highest BCUT2D eigenvalue weighted by Crippen LogP contribution is 2.16. The summed E-state index contributed by atoms with van der Waals surface area (Å²) in [5.41, 5.74) is 0.364. The van der Waals surface area contributed by atoms with Crippen LogP contribution >= 0.6 is 0 Å². The van der Waals surface area contributed by atoms with Crippen LogP contribution in [-0.4, -0.2) is 18.8 Å². The van der Waals surface area contributed by atoms with E-state index in [0.717, 1.165) is 0 Å². The monoisotopic (exact) mass is 168 g/mol. The maximum atomic E-state index is 11.4. The fourth-order valence-corrected chi connectivity index (χ4v) is 0.271. The minimum Gasteiger partial charge on any atom is -0.455 e. The Labute approximate surface area is 61.6 Å². The number of alkyl halides is 3. The van der Waals surface area contributed by atoms with Crippen LogP contribution < -0.4 is 0 Å². The van der Waals surface area contributed by atoms with Gasteiger partial charge in [-0.25, -0.2) is 4.79 Å². The van der Waals surface area contributed by atoms with Crippen molar-refractivity contribution in [3.8, 4) is 0 Å². The minimum atomic E-state index is -4.91. The van der Waals surface area contributed by atoms with Crippen LogP contribution in [-0.2, 0) is 9.53 Å². The van der Waals surface area contributed by atoms with Gasteiger partial charge in [-0.3, -0.25) is 0 Å². The quantitative estimate of drug-likeness (QED) is 0.463. The molecule has 0 saturated heterocycles. The lowest BCUT2D eigenvalue weighted by Crippen LogP contribution is -2.25. The number of rotatable bonds is 2. The molecule has 0 rings (SSSR count). The van der Waals surface area contributed by atoms with Gasteiger partial charge in [0, 0.05) is 0 Å². The van der Waals surface area contributed by atoms with Crippen molar-refractivity contribution >= 4 is 5.97 Å². The van der Waals surface area contributed by atoms with Crippen LogP contribution in [0.25, 0.3) is 0 Å². The maximum Gasteiger partial charge on any atom is 0.490 e. The standard InChI is InChI=1S/C6H7F3O2/c1-4(2)3-11-5(10)6(7,8)9/h1,3H2,2H3. The molecule has 0 N–H and O–H groups in total. The van der Waals surface area contributed by atoms with Gasteiger partial charge in [0.2, 0.25) is 0 Å². The second kappa shape index (κ2) is 3.41. The summed E-state index contributed by atoms with van der Waals surface area (Å²) in [4.78, 5) is 9.98. The molecule has 0 atom stereocenters. The highest BCUT2D eigenvalue weighted by Gasteiger charge is 2.40. The smallest absolute Gasteiger partial charge is 0.455 e. The van der Waals surface area contributed by atoms with Crippen molar-refractivity contribution in [3.63, 3.8) is 0 Å². The topological polar surface area (TPSA) is 26.3 Å². The van der Waals surface area contributed by atoms with Crippen molar-refractivity contribution in [2.24, 2.45) is 0 Å². The molecule has 0 amide bonds. The van der Waals surface area contributed by atoms with Crippen LogP contribution in [0.3, 0.4) is 0 Å². The van der Waals surface area contributed by atoms with Gasteiger partial charge in [-0.15, -0.1) is 0 Å². The SMILES string of the molecule is C=C(C)COC(=O)C(F)(F)F. The normalized spacial score (nSPS) is 10.9. The van der Waals surface area contributed by atoms with Gasteiger partial charge < -0.3 is 4.74 Å². The van der Waals surface area contributed by atoms with Gasteiger partial charge in [0.1, 0.15) is 6.61 Å². The molecule has 5 heteroatoms. The van der Waals surface area contributed by atoms with Crippen molar-refractivity contribution in [2.45, 2.75) is 13.1 Å². The summed E-state index contributed by atoms with van der Waals surface area (Å²) in [6.07, 6.45) is -4.91. The second-order valence-electron chi connectivity index (χ2n) is 2.03. The lowest BCUT2D eigenvalue weighted by atomic mass is 10.4. The summed E-state index contributed by atoms with van der Waals surface area (Å²) < 4.78 is 38.0. The Morgan fingerprint density at radius 3 is 2.27 bits per heavy atom. The fraction of sp³-hybridized carbons (Fsp3) is 0.500. The Balaban J connectivity index is 3.80. The van der Waals surface area contributed by atoms with E-state index in [2.05, 4.69) is 11.3 Å². The van der Waals surface area contributed by atoms with Crippen molar-refractivity contribution in [2.75, 3.05) is 6.61 Å². The van der Waals surface area contributed by atoms with Crippen LogP contribution in [0.15, 0.2) is 12.2 Å².